The van der Waals surface area contributed by atoms with Crippen LogP contribution < -0.4 is 0 Å². The zero-order valence-corrected chi connectivity index (χ0v) is 4.73. The summed E-state index contributed by atoms with van der Waals surface area (Å²) in [5, 5.41) is 0. The minimum Gasteiger partial charge on any atom is -0.380 e. The topological polar surface area (TPSA) is 9.23 Å². The van der Waals surface area contributed by atoms with Crippen molar-refractivity contribution in [2.75, 3.05) is 13.2 Å². The van der Waals surface area contributed by atoms with Crippen LogP contribution in [0, 0.1) is 18.3 Å². The number of ether oxygens (including phenoxy) is 1. The van der Waals surface area contributed by atoms with Crippen LogP contribution in [0.1, 0.15) is 0 Å². The third kappa shape index (κ3) is 1.03. The molecule has 50 valence electrons. The number of hydrogen-bond donors (Lipinski definition) is 0. The Morgan fingerprint density at radius 2 is 2.11 bits per heavy atom. The van der Waals surface area contributed by atoms with Gasteiger partial charge in [-0.25, -0.2) is 0 Å². The first kappa shape index (κ1) is 6.50. The SMILES string of the molecule is C#CC(F)(F)C1COC1. The lowest BCUT2D eigenvalue weighted by Crippen LogP contribution is -2.41. The molecule has 0 unspecified atom stereocenters. The number of terminal acetylenes is 1. The first-order chi connectivity index (χ1) is 4.17. The van der Waals surface area contributed by atoms with E-state index in [1.807, 2.05) is 0 Å². The summed E-state index contributed by atoms with van der Waals surface area (Å²) in [6.07, 6.45) is 4.56. The quantitative estimate of drug-likeness (QED) is 0.481. The second-order valence-corrected chi connectivity index (χ2v) is 2.00. The maximum atomic E-state index is 12.3. The van der Waals surface area contributed by atoms with Gasteiger partial charge in [0.1, 0.15) is 0 Å². The molecule has 0 atom stereocenters. The Hall–Kier alpha value is -0.620. The highest BCUT2D eigenvalue weighted by molar-refractivity contribution is 5.05. The molecule has 0 N–H and O–H groups in total. The van der Waals surface area contributed by atoms with Gasteiger partial charge in [0.25, 0.3) is 0 Å². The molecule has 0 aromatic heterocycles. The largest absolute Gasteiger partial charge is 0.380 e. The molecular weight excluding hydrogens is 126 g/mol. The van der Waals surface area contributed by atoms with Crippen molar-refractivity contribution in [3.63, 3.8) is 0 Å². The van der Waals surface area contributed by atoms with Crippen LogP contribution in [0.5, 0.6) is 0 Å². The molecule has 0 aliphatic carbocycles. The molecule has 1 heterocycles. The molecule has 1 rings (SSSR count). The maximum absolute atomic E-state index is 12.3. The van der Waals surface area contributed by atoms with E-state index in [1.165, 1.54) is 5.92 Å². The average Bonchev–Trinajstić information content (AvgIpc) is 1.60. The average molecular weight is 132 g/mol. The lowest BCUT2D eigenvalue weighted by molar-refractivity contribution is -0.138. The van der Waals surface area contributed by atoms with Crippen LogP contribution in [0.25, 0.3) is 0 Å². The third-order valence-electron chi connectivity index (χ3n) is 1.34. The zero-order chi connectivity index (χ0) is 6.91. The summed E-state index contributed by atoms with van der Waals surface area (Å²) in [4.78, 5) is 0. The Morgan fingerprint density at radius 3 is 2.22 bits per heavy atom. The summed E-state index contributed by atoms with van der Waals surface area (Å²) in [6.45, 7) is 0.189. The van der Waals surface area contributed by atoms with Gasteiger partial charge in [-0.15, -0.1) is 6.42 Å². The maximum Gasteiger partial charge on any atom is 0.315 e. The summed E-state index contributed by atoms with van der Waals surface area (Å²) in [5.74, 6) is -2.28. The van der Waals surface area contributed by atoms with Gasteiger partial charge in [0.05, 0.1) is 19.1 Å². The Balaban J connectivity index is 2.50. The molecule has 0 amide bonds. The van der Waals surface area contributed by atoms with E-state index < -0.39 is 11.8 Å². The normalized spacial score (nSPS) is 20.6. The third-order valence-corrected chi connectivity index (χ3v) is 1.34. The van der Waals surface area contributed by atoms with Crippen molar-refractivity contribution in [3.8, 4) is 12.3 Å². The Morgan fingerprint density at radius 1 is 1.56 bits per heavy atom. The molecule has 0 spiro atoms. The molecule has 3 heteroatoms. The van der Waals surface area contributed by atoms with Crippen LogP contribution in [0.4, 0.5) is 8.78 Å². The molecule has 0 bridgehead atoms. The van der Waals surface area contributed by atoms with E-state index in [2.05, 4.69) is 11.2 Å². The van der Waals surface area contributed by atoms with E-state index in [-0.39, 0.29) is 13.2 Å². The summed E-state index contributed by atoms with van der Waals surface area (Å²) >= 11 is 0. The summed E-state index contributed by atoms with van der Waals surface area (Å²) in [6, 6.07) is 0. The number of hydrogen-bond acceptors (Lipinski definition) is 1. The van der Waals surface area contributed by atoms with Gasteiger partial charge in [-0.1, -0.05) is 0 Å². The summed E-state index contributed by atoms with van der Waals surface area (Å²) < 4.78 is 29.1. The number of rotatable bonds is 1. The van der Waals surface area contributed by atoms with Gasteiger partial charge in [0.15, 0.2) is 0 Å². The van der Waals surface area contributed by atoms with Gasteiger partial charge < -0.3 is 4.74 Å². The van der Waals surface area contributed by atoms with Crippen LogP contribution in [0.3, 0.4) is 0 Å². The molecule has 1 saturated heterocycles. The van der Waals surface area contributed by atoms with Crippen molar-refractivity contribution >= 4 is 0 Å². The van der Waals surface area contributed by atoms with Gasteiger partial charge in [0, 0.05) is 0 Å². The van der Waals surface area contributed by atoms with E-state index in [0.29, 0.717) is 0 Å². The molecular formula is C6H6F2O. The monoisotopic (exact) mass is 132 g/mol. The van der Waals surface area contributed by atoms with Crippen molar-refractivity contribution in [2.24, 2.45) is 5.92 Å². The molecule has 0 aromatic carbocycles. The molecule has 0 radical (unpaired) electrons. The fourth-order valence-corrected chi connectivity index (χ4v) is 0.563. The predicted octanol–water partition coefficient (Wildman–Crippen LogP) is 0.901. The van der Waals surface area contributed by atoms with Gasteiger partial charge >= 0.3 is 5.92 Å². The fourth-order valence-electron chi connectivity index (χ4n) is 0.563. The van der Waals surface area contributed by atoms with Crippen LogP contribution in [0.2, 0.25) is 0 Å². The Kier molecular flexibility index (Phi) is 1.42. The van der Waals surface area contributed by atoms with Gasteiger partial charge in [0.2, 0.25) is 0 Å². The molecule has 9 heavy (non-hydrogen) atoms. The second-order valence-electron chi connectivity index (χ2n) is 2.00. The van der Waals surface area contributed by atoms with Crippen LogP contribution in [-0.4, -0.2) is 19.1 Å². The first-order valence-corrected chi connectivity index (χ1v) is 2.60. The van der Waals surface area contributed by atoms with Crippen LogP contribution in [0.15, 0.2) is 0 Å². The highest BCUT2D eigenvalue weighted by atomic mass is 19.3. The van der Waals surface area contributed by atoms with Crippen molar-refractivity contribution in [1.29, 1.82) is 0 Å². The zero-order valence-electron chi connectivity index (χ0n) is 4.73. The minimum atomic E-state index is -2.96. The van der Waals surface area contributed by atoms with Crippen molar-refractivity contribution in [1.82, 2.24) is 0 Å². The van der Waals surface area contributed by atoms with Crippen molar-refractivity contribution in [3.05, 3.63) is 0 Å². The Labute approximate surface area is 52.0 Å². The number of halogens is 2. The summed E-state index contributed by atoms with van der Waals surface area (Å²) in [5.41, 5.74) is 0. The lowest BCUT2D eigenvalue weighted by Gasteiger charge is -2.29. The van der Waals surface area contributed by atoms with E-state index in [9.17, 15) is 8.78 Å². The molecule has 1 aliphatic heterocycles. The lowest BCUT2D eigenvalue weighted by atomic mass is 10.0. The predicted molar refractivity (Wildman–Crippen MR) is 28.1 cm³/mol. The van der Waals surface area contributed by atoms with Crippen molar-refractivity contribution in [2.45, 2.75) is 5.92 Å². The van der Waals surface area contributed by atoms with Gasteiger partial charge in [-0.2, -0.15) is 8.78 Å². The van der Waals surface area contributed by atoms with E-state index in [0.717, 1.165) is 0 Å². The summed E-state index contributed by atoms with van der Waals surface area (Å²) in [7, 11) is 0. The molecule has 1 fully saturated rings. The molecule has 1 aliphatic rings. The van der Waals surface area contributed by atoms with E-state index in [1.54, 1.807) is 0 Å². The van der Waals surface area contributed by atoms with E-state index in [4.69, 9.17) is 0 Å². The first-order valence-electron chi connectivity index (χ1n) is 2.60. The smallest absolute Gasteiger partial charge is 0.315 e. The van der Waals surface area contributed by atoms with Crippen molar-refractivity contribution < 1.29 is 13.5 Å². The highest BCUT2D eigenvalue weighted by Crippen LogP contribution is 2.29. The highest BCUT2D eigenvalue weighted by Gasteiger charge is 2.42. The van der Waals surface area contributed by atoms with E-state index >= 15 is 0 Å². The fraction of sp³-hybridized carbons (Fsp3) is 0.667. The standard InChI is InChI=1S/C6H6F2O/c1-2-6(7,8)5-3-9-4-5/h1,5H,3-4H2. The Bertz CT molecular complexity index is 144. The molecule has 1 nitrogen and oxygen atoms in total. The second kappa shape index (κ2) is 1.96. The molecule has 0 saturated carbocycles. The van der Waals surface area contributed by atoms with Gasteiger partial charge in [-0.3, -0.25) is 0 Å². The molecule has 0 aromatic rings. The van der Waals surface area contributed by atoms with Gasteiger partial charge in [-0.05, 0) is 5.92 Å². The van der Waals surface area contributed by atoms with Crippen LogP contribution >= 0.6 is 0 Å². The minimum absolute atomic E-state index is 0.0944. The number of alkyl halides is 2. The van der Waals surface area contributed by atoms with Crippen LogP contribution in [-0.2, 0) is 4.74 Å².